The van der Waals surface area contributed by atoms with Gasteiger partial charge in [0.15, 0.2) is 0 Å². The van der Waals surface area contributed by atoms with Crippen LogP contribution >= 0.6 is 0 Å². The molecule has 3 nitrogen and oxygen atoms in total. The van der Waals surface area contributed by atoms with Crippen molar-refractivity contribution in [3.63, 3.8) is 0 Å². The van der Waals surface area contributed by atoms with Gasteiger partial charge in [-0.05, 0) is 12.1 Å². The Kier molecular flexibility index (Phi) is 2.42. The molecule has 0 saturated heterocycles. The van der Waals surface area contributed by atoms with Gasteiger partial charge in [0.25, 0.3) is 0 Å². The smallest absolute Gasteiger partial charge is 0.394 e. The molecular weight excluding hydrogens is 178 g/mol. The summed E-state index contributed by atoms with van der Waals surface area (Å²) in [5.41, 5.74) is 0.159. The van der Waals surface area contributed by atoms with Gasteiger partial charge in [-0.15, -0.1) is 0 Å². The van der Waals surface area contributed by atoms with Crippen molar-refractivity contribution >= 4 is 0 Å². The highest BCUT2D eigenvalue weighted by atomic mass is 19.3. The lowest BCUT2D eigenvalue weighted by molar-refractivity contribution is -0.159. The van der Waals surface area contributed by atoms with Gasteiger partial charge in [0, 0.05) is 6.92 Å². The third kappa shape index (κ3) is 3.03. The van der Waals surface area contributed by atoms with Crippen LogP contribution in [0.15, 0.2) is 18.3 Å². The van der Waals surface area contributed by atoms with Crippen molar-refractivity contribution in [1.29, 1.82) is 5.26 Å². The number of rotatable bonds is 2. The van der Waals surface area contributed by atoms with Crippen LogP contribution < -0.4 is 4.74 Å². The zero-order valence-electron chi connectivity index (χ0n) is 6.79. The Balaban J connectivity index is 2.77. The van der Waals surface area contributed by atoms with Crippen LogP contribution in [-0.4, -0.2) is 11.1 Å². The Morgan fingerprint density at radius 2 is 2.23 bits per heavy atom. The zero-order valence-corrected chi connectivity index (χ0v) is 6.79. The highest BCUT2D eigenvalue weighted by molar-refractivity contribution is 5.26. The molecule has 0 fully saturated rings. The van der Waals surface area contributed by atoms with E-state index in [2.05, 4.69) is 9.72 Å². The Bertz CT molecular complexity index is 323. The molecule has 13 heavy (non-hydrogen) atoms. The first-order valence-electron chi connectivity index (χ1n) is 3.44. The highest BCUT2D eigenvalue weighted by Crippen LogP contribution is 2.19. The molecule has 1 heterocycles. The van der Waals surface area contributed by atoms with Gasteiger partial charge in [-0.25, -0.2) is 4.98 Å². The molecule has 1 aromatic heterocycles. The molecule has 0 aliphatic heterocycles. The van der Waals surface area contributed by atoms with Crippen LogP contribution in [0.3, 0.4) is 0 Å². The predicted octanol–water partition coefficient (Wildman–Crippen LogP) is 1.94. The van der Waals surface area contributed by atoms with Crippen molar-refractivity contribution in [2.24, 2.45) is 0 Å². The van der Waals surface area contributed by atoms with E-state index in [1.807, 2.05) is 0 Å². The van der Waals surface area contributed by atoms with Crippen LogP contribution in [0, 0.1) is 11.3 Å². The normalized spacial score (nSPS) is 10.6. The van der Waals surface area contributed by atoms with Crippen molar-refractivity contribution < 1.29 is 13.5 Å². The number of hydrogen-bond donors (Lipinski definition) is 0. The highest BCUT2D eigenvalue weighted by Gasteiger charge is 2.23. The number of nitriles is 1. The molecule has 1 rings (SSSR count). The minimum absolute atomic E-state index is 0.0634. The molecule has 0 saturated carbocycles. The summed E-state index contributed by atoms with van der Waals surface area (Å²) >= 11 is 0. The van der Waals surface area contributed by atoms with Crippen molar-refractivity contribution in [2.45, 2.75) is 13.0 Å². The van der Waals surface area contributed by atoms with Crippen molar-refractivity contribution in [2.75, 3.05) is 0 Å². The van der Waals surface area contributed by atoms with Crippen LogP contribution in [0.2, 0.25) is 0 Å². The average Bonchev–Trinajstić information content (AvgIpc) is 2.03. The third-order valence-corrected chi connectivity index (χ3v) is 1.15. The molecule has 0 N–H and O–H groups in total. The van der Waals surface area contributed by atoms with E-state index in [-0.39, 0.29) is 11.4 Å². The number of hydrogen-bond acceptors (Lipinski definition) is 3. The summed E-state index contributed by atoms with van der Waals surface area (Å²) in [6.45, 7) is 0.630. The first-order valence-corrected chi connectivity index (χ1v) is 3.44. The maximum absolute atomic E-state index is 12.3. The predicted molar refractivity (Wildman–Crippen MR) is 40.2 cm³/mol. The molecule has 0 unspecified atom stereocenters. The lowest BCUT2D eigenvalue weighted by Gasteiger charge is -2.11. The average molecular weight is 184 g/mol. The summed E-state index contributed by atoms with van der Waals surface area (Å²) in [6, 6.07) is 4.34. The third-order valence-electron chi connectivity index (χ3n) is 1.15. The quantitative estimate of drug-likeness (QED) is 0.705. The van der Waals surface area contributed by atoms with Gasteiger partial charge in [-0.2, -0.15) is 14.0 Å². The summed E-state index contributed by atoms with van der Waals surface area (Å²) in [6.07, 6.45) is -2.15. The lowest BCUT2D eigenvalue weighted by Crippen LogP contribution is -2.19. The molecule has 0 aromatic carbocycles. The summed E-state index contributed by atoms with van der Waals surface area (Å²) in [5.74, 6) is -0.0634. The van der Waals surface area contributed by atoms with Crippen LogP contribution in [0.5, 0.6) is 5.75 Å². The van der Waals surface area contributed by atoms with Gasteiger partial charge in [-0.3, -0.25) is 0 Å². The lowest BCUT2D eigenvalue weighted by atomic mass is 10.4. The summed E-state index contributed by atoms with van der Waals surface area (Å²) in [7, 11) is 0. The van der Waals surface area contributed by atoms with Gasteiger partial charge in [0.2, 0.25) is 0 Å². The maximum Gasteiger partial charge on any atom is 0.394 e. The number of halogens is 2. The number of ether oxygens (including phenoxy) is 1. The molecule has 0 amide bonds. The molecule has 1 aromatic rings. The van der Waals surface area contributed by atoms with Gasteiger partial charge in [0.05, 0.1) is 6.20 Å². The Morgan fingerprint density at radius 3 is 2.62 bits per heavy atom. The van der Waals surface area contributed by atoms with Crippen LogP contribution in [0.4, 0.5) is 8.78 Å². The number of pyridine rings is 1. The SMILES string of the molecule is CC(F)(F)Oc1ccc(C#N)nc1. The monoisotopic (exact) mass is 184 g/mol. The van der Waals surface area contributed by atoms with E-state index in [1.165, 1.54) is 12.1 Å². The van der Waals surface area contributed by atoms with Crippen molar-refractivity contribution in [1.82, 2.24) is 4.98 Å². The summed E-state index contributed by atoms with van der Waals surface area (Å²) in [5, 5.41) is 8.36. The summed E-state index contributed by atoms with van der Waals surface area (Å²) < 4.78 is 28.7. The molecule has 0 spiro atoms. The molecule has 0 aliphatic carbocycles. The number of aromatic nitrogens is 1. The molecular formula is C8H6F2N2O. The number of nitrogens with zero attached hydrogens (tertiary/aromatic N) is 2. The zero-order chi connectivity index (χ0) is 9.90. The van der Waals surface area contributed by atoms with E-state index in [9.17, 15) is 8.78 Å². The summed E-state index contributed by atoms with van der Waals surface area (Å²) in [4.78, 5) is 3.56. The van der Waals surface area contributed by atoms with Crippen molar-refractivity contribution in [3.05, 3.63) is 24.0 Å². The fraction of sp³-hybridized carbons (Fsp3) is 0.250. The van der Waals surface area contributed by atoms with Gasteiger partial charge < -0.3 is 4.74 Å². The van der Waals surface area contributed by atoms with Crippen molar-refractivity contribution in [3.8, 4) is 11.8 Å². The van der Waals surface area contributed by atoms with E-state index in [4.69, 9.17) is 5.26 Å². The largest absolute Gasteiger partial charge is 0.431 e. The molecule has 0 aliphatic rings. The van der Waals surface area contributed by atoms with Gasteiger partial charge in [-0.1, -0.05) is 0 Å². The second kappa shape index (κ2) is 3.35. The second-order valence-electron chi connectivity index (χ2n) is 2.40. The first-order chi connectivity index (χ1) is 6.01. The second-order valence-corrected chi connectivity index (χ2v) is 2.40. The minimum atomic E-state index is -3.23. The van der Waals surface area contributed by atoms with E-state index in [0.717, 1.165) is 6.20 Å². The van der Waals surface area contributed by atoms with E-state index >= 15 is 0 Å². The van der Waals surface area contributed by atoms with E-state index in [0.29, 0.717) is 6.92 Å². The van der Waals surface area contributed by atoms with Crippen LogP contribution in [0.1, 0.15) is 12.6 Å². The van der Waals surface area contributed by atoms with Gasteiger partial charge in [0.1, 0.15) is 17.5 Å². The molecule has 0 bridgehead atoms. The van der Waals surface area contributed by atoms with Crippen LogP contribution in [-0.2, 0) is 0 Å². The van der Waals surface area contributed by atoms with E-state index in [1.54, 1.807) is 6.07 Å². The van der Waals surface area contributed by atoms with Gasteiger partial charge >= 0.3 is 6.11 Å². The fourth-order valence-corrected chi connectivity index (χ4v) is 0.714. The Labute approximate surface area is 73.6 Å². The fourth-order valence-electron chi connectivity index (χ4n) is 0.714. The molecule has 68 valence electrons. The Morgan fingerprint density at radius 1 is 1.54 bits per heavy atom. The van der Waals surface area contributed by atoms with Crippen LogP contribution in [0.25, 0.3) is 0 Å². The molecule has 0 atom stereocenters. The maximum atomic E-state index is 12.3. The topological polar surface area (TPSA) is 45.9 Å². The first kappa shape index (κ1) is 9.39. The van der Waals surface area contributed by atoms with E-state index < -0.39 is 6.11 Å². The standard InChI is InChI=1S/C8H6F2N2O/c1-8(9,10)13-7-3-2-6(4-11)12-5-7/h2-3,5H,1H3. The Hall–Kier alpha value is -1.70. The number of alkyl halides is 2. The minimum Gasteiger partial charge on any atom is -0.431 e. The molecule has 5 heteroatoms. The molecule has 0 radical (unpaired) electrons.